The highest BCUT2D eigenvalue weighted by Crippen LogP contribution is 2.45. The van der Waals surface area contributed by atoms with Gasteiger partial charge in [0.1, 0.15) is 5.75 Å². The summed E-state index contributed by atoms with van der Waals surface area (Å²) in [6.45, 7) is 0. The monoisotopic (exact) mass is 443 g/mol. The van der Waals surface area contributed by atoms with Crippen LogP contribution in [0, 0.1) is 0 Å². The van der Waals surface area contributed by atoms with E-state index in [9.17, 15) is 13.2 Å². The lowest BCUT2D eigenvalue weighted by Crippen LogP contribution is -2.39. The molecule has 0 spiro atoms. The summed E-state index contributed by atoms with van der Waals surface area (Å²) in [6, 6.07) is 18.2. The number of methoxy groups -OCH3 is 1. The first kappa shape index (κ1) is 17.8. The second-order valence-corrected chi connectivity index (χ2v) is 8.63. The van der Waals surface area contributed by atoms with Gasteiger partial charge in [0.05, 0.1) is 17.7 Å². The molecule has 0 bridgehead atoms. The molecule has 1 heterocycles. The molecule has 3 aromatic rings. The molecule has 0 N–H and O–H groups in total. The van der Waals surface area contributed by atoms with Crippen LogP contribution in [0.3, 0.4) is 0 Å². The zero-order valence-corrected chi connectivity index (χ0v) is 16.6. The van der Waals surface area contributed by atoms with Crippen LogP contribution in [0.5, 0.6) is 5.75 Å². The van der Waals surface area contributed by atoms with Crippen LogP contribution in [0.1, 0.15) is 10.4 Å². The third-order valence-corrected chi connectivity index (χ3v) is 6.68. The van der Waals surface area contributed by atoms with Crippen molar-refractivity contribution >= 4 is 37.5 Å². The molecule has 0 radical (unpaired) electrons. The topological polar surface area (TPSA) is 63.7 Å². The maximum atomic E-state index is 13.3. The number of hydrogen-bond acceptors (Lipinski definition) is 4. The van der Waals surface area contributed by atoms with Gasteiger partial charge in [-0.25, -0.2) is 8.42 Å². The van der Waals surface area contributed by atoms with Crippen LogP contribution in [0.25, 0.3) is 11.1 Å². The summed E-state index contributed by atoms with van der Waals surface area (Å²) in [5.74, 6) is -0.0256. The van der Waals surface area contributed by atoms with Crippen LogP contribution in [0.4, 0.5) is 5.69 Å². The zero-order chi connectivity index (χ0) is 19.2. The Hall–Kier alpha value is -2.64. The Bertz CT molecular complexity index is 1160. The molecule has 0 saturated heterocycles. The molecule has 4 rings (SSSR count). The lowest BCUT2D eigenvalue weighted by Gasteiger charge is -2.30. The van der Waals surface area contributed by atoms with Crippen molar-refractivity contribution in [3.63, 3.8) is 0 Å². The number of carbonyl (C=O) groups excluding carboxylic acids is 1. The van der Waals surface area contributed by atoms with Crippen molar-refractivity contribution < 1.29 is 17.9 Å². The molecule has 1 aliphatic heterocycles. The summed E-state index contributed by atoms with van der Waals surface area (Å²) in [7, 11) is -2.50. The highest BCUT2D eigenvalue weighted by Gasteiger charge is 2.39. The number of sulfonamides is 1. The summed E-state index contributed by atoms with van der Waals surface area (Å²) in [6.07, 6.45) is 0. The third-order valence-electron chi connectivity index (χ3n) is 4.39. The van der Waals surface area contributed by atoms with Gasteiger partial charge in [0.25, 0.3) is 15.9 Å². The van der Waals surface area contributed by atoms with E-state index < -0.39 is 15.9 Å². The predicted octanol–water partition coefficient (Wildman–Crippen LogP) is 4.47. The van der Waals surface area contributed by atoms with Gasteiger partial charge in [-0.3, -0.25) is 4.79 Å². The van der Waals surface area contributed by atoms with Crippen LogP contribution in [-0.4, -0.2) is 21.4 Å². The van der Waals surface area contributed by atoms with Crippen LogP contribution in [-0.2, 0) is 10.0 Å². The third kappa shape index (κ3) is 2.83. The summed E-state index contributed by atoms with van der Waals surface area (Å²) in [5.41, 5.74) is 1.77. The second kappa shape index (κ2) is 6.51. The van der Waals surface area contributed by atoms with Gasteiger partial charge in [0.15, 0.2) is 0 Å². The first-order chi connectivity index (χ1) is 12.9. The van der Waals surface area contributed by atoms with Gasteiger partial charge in [-0.2, -0.15) is 4.31 Å². The molecule has 7 heteroatoms. The van der Waals surface area contributed by atoms with Crippen molar-refractivity contribution in [3.05, 3.63) is 76.8 Å². The fraction of sp³-hybridized carbons (Fsp3) is 0.0500. The van der Waals surface area contributed by atoms with Crippen LogP contribution < -0.4 is 9.04 Å². The van der Waals surface area contributed by atoms with Crippen LogP contribution in [0.2, 0.25) is 0 Å². The number of nitrogens with zero attached hydrogens (tertiary/aromatic N) is 1. The molecular weight excluding hydrogens is 430 g/mol. The van der Waals surface area contributed by atoms with E-state index in [-0.39, 0.29) is 10.5 Å². The van der Waals surface area contributed by atoms with Crippen LogP contribution in [0.15, 0.2) is 76.1 Å². The second-order valence-electron chi connectivity index (χ2n) is 5.96. The smallest absolute Gasteiger partial charge is 0.272 e. The highest BCUT2D eigenvalue weighted by atomic mass is 79.9. The van der Waals surface area contributed by atoms with E-state index in [4.69, 9.17) is 4.74 Å². The van der Waals surface area contributed by atoms with Crippen molar-refractivity contribution in [1.82, 2.24) is 0 Å². The number of hydrogen-bond donors (Lipinski definition) is 0. The minimum Gasteiger partial charge on any atom is -0.497 e. The van der Waals surface area contributed by atoms with E-state index >= 15 is 0 Å². The number of halogens is 1. The van der Waals surface area contributed by atoms with E-state index in [1.54, 1.807) is 60.7 Å². The molecule has 1 aliphatic rings. The normalized spacial score (nSPS) is 14.2. The number of amides is 1. The Morgan fingerprint density at radius 2 is 1.67 bits per heavy atom. The Morgan fingerprint density at radius 3 is 2.37 bits per heavy atom. The van der Waals surface area contributed by atoms with Gasteiger partial charge < -0.3 is 4.74 Å². The summed E-state index contributed by atoms with van der Waals surface area (Å²) in [4.78, 5) is 13.2. The summed E-state index contributed by atoms with van der Waals surface area (Å²) < 4.78 is 33.5. The average molecular weight is 444 g/mol. The van der Waals surface area contributed by atoms with Crippen LogP contribution >= 0.6 is 15.9 Å². The van der Waals surface area contributed by atoms with Crippen molar-refractivity contribution in [2.24, 2.45) is 0 Å². The molecular formula is C20H14BrNO4S. The minimum absolute atomic E-state index is 0.0937. The van der Waals surface area contributed by atoms with Gasteiger partial charge in [0, 0.05) is 21.2 Å². The average Bonchev–Trinajstić information content (AvgIpc) is 2.68. The van der Waals surface area contributed by atoms with Gasteiger partial charge in [-0.15, -0.1) is 0 Å². The number of rotatable bonds is 2. The SMILES string of the molecule is COc1ccc2c(c1)-c1ccccc1S(=O)(=O)N2C(=O)c1ccc(Br)cc1. The molecule has 5 nitrogen and oxygen atoms in total. The van der Waals surface area contributed by atoms with Crippen molar-refractivity contribution in [3.8, 4) is 16.9 Å². The number of benzene rings is 3. The maximum Gasteiger partial charge on any atom is 0.272 e. The Morgan fingerprint density at radius 1 is 0.963 bits per heavy atom. The molecule has 0 unspecified atom stereocenters. The molecule has 136 valence electrons. The summed E-state index contributed by atoms with van der Waals surface area (Å²) in [5, 5.41) is 0. The number of ether oxygens (including phenoxy) is 1. The molecule has 0 atom stereocenters. The van der Waals surface area contributed by atoms with E-state index in [0.717, 1.165) is 8.78 Å². The van der Waals surface area contributed by atoms with Gasteiger partial charge in [0.2, 0.25) is 0 Å². The predicted molar refractivity (Wildman–Crippen MR) is 107 cm³/mol. The van der Waals surface area contributed by atoms with Crippen molar-refractivity contribution in [1.29, 1.82) is 0 Å². The lowest BCUT2D eigenvalue weighted by molar-refractivity contribution is 0.100. The number of fused-ring (bicyclic) bond motifs is 3. The zero-order valence-electron chi connectivity index (χ0n) is 14.2. The number of anilines is 1. The Kier molecular flexibility index (Phi) is 4.28. The Labute approximate surface area is 165 Å². The molecule has 27 heavy (non-hydrogen) atoms. The molecule has 0 aromatic heterocycles. The molecule has 0 fully saturated rings. The standard InChI is InChI=1S/C20H14BrNO4S/c1-26-15-10-11-18-17(12-15)16-4-2-3-5-19(16)27(24,25)22(18)20(23)13-6-8-14(21)9-7-13/h2-12H,1H3. The van der Waals surface area contributed by atoms with E-state index in [2.05, 4.69) is 15.9 Å². The van der Waals surface area contributed by atoms with Crippen molar-refractivity contribution in [2.75, 3.05) is 11.4 Å². The molecule has 3 aromatic carbocycles. The first-order valence-electron chi connectivity index (χ1n) is 8.06. The summed E-state index contributed by atoms with van der Waals surface area (Å²) >= 11 is 3.32. The minimum atomic E-state index is -4.04. The van der Waals surface area contributed by atoms with Gasteiger partial charge >= 0.3 is 0 Å². The van der Waals surface area contributed by atoms with E-state index in [1.165, 1.54) is 13.2 Å². The maximum absolute atomic E-state index is 13.3. The fourth-order valence-corrected chi connectivity index (χ4v) is 5.01. The van der Waals surface area contributed by atoms with Gasteiger partial charge in [-0.1, -0.05) is 34.1 Å². The quantitative estimate of drug-likeness (QED) is 0.585. The van der Waals surface area contributed by atoms with Crippen molar-refractivity contribution in [2.45, 2.75) is 4.90 Å². The number of carbonyl (C=O) groups is 1. The van der Waals surface area contributed by atoms with E-state index in [0.29, 0.717) is 22.6 Å². The fourth-order valence-electron chi connectivity index (χ4n) is 3.11. The lowest BCUT2D eigenvalue weighted by atomic mass is 10.0. The first-order valence-corrected chi connectivity index (χ1v) is 10.3. The highest BCUT2D eigenvalue weighted by molar-refractivity contribution is 9.10. The molecule has 0 aliphatic carbocycles. The van der Waals surface area contributed by atoms with Gasteiger partial charge in [-0.05, 0) is 48.5 Å². The Balaban J connectivity index is 1.97. The molecule has 1 amide bonds. The van der Waals surface area contributed by atoms with E-state index in [1.807, 2.05) is 0 Å². The largest absolute Gasteiger partial charge is 0.497 e. The molecule has 0 saturated carbocycles.